The van der Waals surface area contributed by atoms with Gasteiger partial charge in [-0.1, -0.05) is 19.0 Å². The molecule has 0 amide bonds. The summed E-state index contributed by atoms with van der Waals surface area (Å²) in [4.78, 5) is 10.2. The minimum Gasteiger partial charge on any atom is -0.381 e. The third-order valence-corrected chi connectivity index (χ3v) is 2.81. The molecule has 0 aliphatic rings. The van der Waals surface area contributed by atoms with Gasteiger partial charge in [0.1, 0.15) is 5.56 Å². The summed E-state index contributed by atoms with van der Waals surface area (Å²) in [7, 11) is 0. The average molecular weight is 283 g/mol. The first-order valence-corrected chi connectivity index (χ1v) is 5.71. The van der Waals surface area contributed by atoms with Crippen LogP contribution in [0.25, 0.3) is 11.3 Å². The lowest BCUT2D eigenvalue weighted by Gasteiger charge is -2.06. The Labute approximate surface area is 112 Å². The number of nitro groups is 1. The van der Waals surface area contributed by atoms with Gasteiger partial charge in [-0.2, -0.15) is 0 Å². The Kier molecular flexibility index (Phi) is 3.39. The number of benzene rings is 1. The van der Waals surface area contributed by atoms with Crippen LogP contribution in [0.4, 0.5) is 20.3 Å². The first-order chi connectivity index (χ1) is 9.32. The van der Waals surface area contributed by atoms with E-state index >= 15 is 0 Å². The molecule has 6 nitrogen and oxygen atoms in total. The van der Waals surface area contributed by atoms with Crippen LogP contribution in [-0.2, 0) is 0 Å². The highest BCUT2D eigenvalue weighted by atomic mass is 19.2. The molecule has 0 aliphatic heterocycles. The molecule has 2 rings (SSSR count). The maximum atomic E-state index is 13.4. The molecular weight excluding hydrogens is 272 g/mol. The Morgan fingerprint density at radius 1 is 1.35 bits per heavy atom. The molecule has 2 N–H and O–H groups in total. The third-order valence-electron chi connectivity index (χ3n) is 2.81. The number of hydrogen-bond donors (Lipinski definition) is 1. The van der Waals surface area contributed by atoms with Gasteiger partial charge in [0, 0.05) is 5.56 Å². The lowest BCUT2D eigenvalue weighted by Crippen LogP contribution is -1.99. The van der Waals surface area contributed by atoms with Crippen molar-refractivity contribution >= 4 is 11.5 Å². The number of nitrogen functional groups attached to an aromatic ring is 1. The van der Waals surface area contributed by atoms with E-state index in [1.54, 1.807) is 13.8 Å². The Morgan fingerprint density at radius 3 is 2.50 bits per heavy atom. The summed E-state index contributed by atoms with van der Waals surface area (Å²) < 4.78 is 31.5. The molecule has 0 saturated carbocycles. The van der Waals surface area contributed by atoms with E-state index in [4.69, 9.17) is 10.3 Å². The van der Waals surface area contributed by atoms with E-state index in [0.717, 1.165) is 0 Å². The van der Waals surface area contributed by atoms with Crippen molar-refractivity contribution in [2.75, 3.05) is 5.73 Å². The van der Waals surface area contributed by atoms with Crippen LogP contribution in [0.3, 0.4) is 0 Å². The van der Waals surface area contributed by atoms with Crippen LogP contribution < -0.4 is 5.73 Å². The average Bonchev–Trinajstić information content (AvgIpc) is 2.73. The monoisotopic (exact) mass is 283 g/mol. The summed E-state index contributed by atoms with van der Waals surface area (Å²) in [5.41, 5.74) is 5.24. The summed E-state index contributed by atoms with van der Waals surface area (Å²) in [5.74, 6) is -2.63. The molecule has 0 saturated heterocycles. The van der Waals surface area contributed by atoms with Gasteiger partial charge in [0.15, 0.2) is 23.2 Å². The van der Waals surface area contributed by atoms with Crippen LogP contribution in [0, 0.1) is 21.7 Å². The maximum absolute atomic E-state index is 13.4. The Bertz CT molecular complexity index is 683. The second kappa shape index (κ2) is 4.87. The fraction of sp³-hybridized carbons (Fsp3) is 0.250. The molecule has 0 unspecified atom stereocenters. The molecule has 1 aromatic carbocycles. The molecule has 0 bridgehead atoms. The van der Waals surface area contributed by atoms with Crippen LogP contribution in [0.2, 0.25) is 0 Å². The molecule has 1 aromatic heterocycles. The molecule has 106 valence electrons. The van der Waals surface area contributed by atoms with Gasteiger partial charge < -0.3 is 10.3 Å². The van der Waals surface area contributed by atoms with Crippen molar-refractivity contribution in [1.29, 1.82) is 0 Å². The molecule has 0 radical (unpaired) electrons. The van der Waals surface area contributed by atoms with Gasteiger partial charge in [0.05, 0.1) is 11.0 Å². The van der Waals surface area contributed by atoms with E-state index < -0.39 is 22.2 Å². The van der Waals surface area contributed by atoms with Crippen molar-refractivity contribution in [1.82, 2.24) is 5.16 Å². The predicted molar refractivity (Wildman–Crippen MR) is 67.0 cm³/mol. The lowest BCUT2D eigenvalue weighted by atomic mass is 9.98. The zero-order valence-corrected chi connectivity index (χ0v) is 10.7. The van der Waals surface area contributed by atoms with E-state index in [1.165, 1.54) is 0 Å². The molecule has 8 heteroatoms. The van der Waals surface area contributed by atoms with Crippen molar-refractivity contribution < 1.29 is 18.2 Å². The molecule has 0 atom stereocenters. The predicted octanol–water partition coefficient (Wildman–Crippen LogP) is 3.23. The van der Waals surface area contributed by atoms with Crippen molar-refractivity contribution in [2.24, 2.45) is 0 Å². The highest BCUT2D eigenvalue weighted by Gasteiger charge is 2.27. The van der Waals surface area contributed by atoms with E-state index in [2.05, 4.69) is 5.16 Å². The van der Waals surface area contributed by atoms with Crippen molar-refractivity contribution in [3.63, 3.8) is 0 Å². The normalized spacial score (nSPS) is 11.1. The largest absolute Gasteiger partial charge is 0.381 e. The number of hydrogen-bond acceptors (Lipinski definition) is 5. The van der Waals surface area contributed by atoms with Gasteiger partial charge in [-0.25, -0.2) is 8.78 Å². The molecule has 0 fully saturated rings. The number of nitro benzene ring substituents is 1. The van der Waals surface area contributed by atoms with Gasteiger partial charge in [0.25, 0.3) is 5.69 Å². The smallest absolute Gasteiger partial charge is 0.283 e. The zero-order chi connectivity index (χ0) is 15.0. The van der Waals surface area contributed by atoms with Crippen LogP contribution in [-0.4, -0.2) is 10.1 Å². The molecule has 1 heterocycles. The Morgan fingerprint density at radius 2 is 1.95 bits per heavy atom. The number of aromatic nitrogens is 1. The Hall–Kier alpha value is -2.51. The van der Waals surface area contributed by atoms with Crippen LogP contribution >= 0.6 is 0 Å². The molecule has 0 spiro atoms. The second-order valence-electron chi connectivity index (χ2n) is 4.51. The minimum atomic E-state index is -1.31. The molecular formula is C12H11F2N3O3. The maximum Gasteiger partial charge on any atom is 0.283 e. The van der Waals surface area contributed by atoms with Crippen molar-refractivity contribution in [3.8, 4) is 11.3 Å². The highest BCUT2D eigenvalue weighted by Crippen LogP contribution is 2.38. The number of rotatable bonds is 3. The fourth-order valence-corrected chi connectivity index (χ4v) is 1.93. The van der Waals surface area contributed by atoms with Gasteiger partial charge in [0.2, 0.25) is 0 Å². The SMILES string of the molecule is CC(C)c1c(N)noc1-c1cc(F)c(F)cc1[N+](=O)[O-]. The second-order valence-corrected chi connectivity index (χ2v) is 4.51. The van der Waals surface area contributed by atoms with Crippen molar-refractivity contribution in [3.05, 3.63) is 39.4 Å². The summed E-state index contributed by atoms with van der Waals surface area (Å²) in [6, 6.07) is 1.22. The van der Waals surface area contributed by atoms with Crippen LogP contribution in [0.5, 0.6) is 0 Å². The van der Waals surface area contributed by atoms with Gasteiger partial charge >= 0.3 is 0 Å². The first kappa shape index (κ1) is 13.9. The number of nitrogens with two attached hydrogens (primary N) is 1. The number of halogens is 2. The zero-order valence-electron chi connectivity index (χ0n) is 10.7. The first-order valence-electron chi connectivity index (χ1n) is 5.71. The minimum absolute atomic E-state index is 0.0249. The number of nitrogens with zero attached hydrogens (tertiary/aromatic N) is 2. The van der Waals surface area contributed by atoms with Gasteiger partial charge in [-0.3, -0.25) is 10.1 Å². The lowest BCUT2D eigenvalue weighted by molar-refractivity contribution is -0.384. The summed E-state index contributed by atoms with van der Waals surface area (Å²) in [5, 5.41) is 14.5. The third kappa shape index (κ3) is 2.20. The summed E-state index contributed by atoms with van der Waals surface area (Å²) >= 11 is 0. The summed E-state index contributed by atoms with van der Waals surface area (Å²) in [6.45, 7) is 3.55. The standard InChI is InChI=1S/C12H11F2N3O3/c1-5(2)10-11(20-16-12(10)15)6-3-7(13)8(14)4-9(6)17(18)19/h3-5H,1-2H3,(H2,15,16). The van der Waals surface area contributed by atoms with Gasteiger partial charge in [-0.05, 0) is 12.0 Å². The summed E-state index contributed by atoms with van der Waals surface area (Å²) in [6.07, 6.45) is 0. The molecule has 2 aromatic rings. The molecule has 20 heavy (non-hydrogen) atoms. The van der Waals surface area contributed by atoms with Crippen molar-refractivity contribution in [2.45, 2.75) is 19.8 Å². The molecule has 0 aliphatic carbocycles. The van der Waals surface area contributed by atoms with Crippen LogP contribution in [0.1, 0.15) is 25.3 Å². The van der Waals surface area contributed by atoms with Gasteiger partial charge in [-0.15, -0.1) is 0 Å². The van der Waals surface area contributed by atoms with Crippen LogP contribution in [0.15, 0.2) is 16.7 Å². The fourth-order valence-electron chi connectivity index (χ4n) is 1.93. The highest BCUT2D eigenvalue weighted by molar-refractivity contribution is 5.75. The van der Waals surface area contributed by atoms with E-state index in [-0.39, 0.29) is 23.1 Å². The number of anilines is 1. The Balaban J connectivity index is 2.75. The quantitative estimate of drug-likeness (QED) is 0.689. The topological polar surface area (TPSA) is 95.2 Å². The van der Waals surface area contributed by atoms with E-state index in [9.17, 15) is 18.9 Å². The van der Waals surface area contributed by atoms with E-state index in [1.807, 2.05) is 0 Å². The van der Waals surface area contributed by atoms with E-state index in [0.29, 0.717) is 17.7 Å².